The van der Waals surface area contributed by atoms with Gasteiger partial charge in [-0.1, -0.05) is 134 Å². The summed E-state index contributed by atoms with van der Waals surface area (Å²) in [4.78, 5) is 10.4. The summed E-state index contributed by atoms with van der Waals surface area (Å²) < 4.78 is 11.2. The number of benzene rings is 6. The Morgan fingerprint density at radius 2 is 1.20 bits per heavy atom. The molecule has 6 heteroatoms. The van der Waals surface area contributed by atoms with Crippen LogP contribution in [0.5, 0.6) is 11.5 Å². The Kier molecular flexibility index (Phi) is 8.67. The summed E-state index contributed by atoms with van der Waals surface area (Å²) in [5.41, 5.74) is 11.6. The Morgan fingerprint density at radius 1 is 0.589 bits per heavy atom. The zero-order valence-electron chi connectivity index (χ0n) is 31.8. The van der Waals surface area contributed by atoms with E-state index in [-0.39, 0.29) is 26.5 Å². The summed E-state index contributed by atoms with van der Waals surface area (Å²) in [6, 6.07) is 53.9. The molecule has 0 bridgehead atoms. The van der Waals surface area contributed by atoms with Gasteiger partial charge in [-0.25, -0.2) is 4.98 Å². The van der Waals surface area contributed by atoms with Crippen molar-refractivity contribution in [2.45, 2.75) is 40.0 Å². The van der Waals surface area contributed by atoms with Crippen molar-refractivity contribution in [3.8, 4) is 39.8 Å². The number of aromatic nitrogens is 4. The first kappa shape index (κ1) is 35.7. The van der Waals surface area contributed by atoms with Gasteiger partial charge in [-0.3, -0.25) is 4.98 Å². The number of rotatable bonds is 5. The molecule has 4 heterocycles. The molecule has 5 nitrogen and oxygen atoms in total. The Balaban J connectivity index is 0.00000410. The minimum absolute atomic E-state index is 0. The number of para-hydroxylation sites is 2. The average Bonchev–Trinajstić information content (AvgIpc) is 3.75. The number of imidazole rings is 1. The minimum Gasteiger partial charge on any atom is -0.503 e. The first-order valence-electron chi connectivity index (χ1n) is 18.8. The van der Waals surface area contributed by atoms with Crippen molar-refractivity contribution in [3.63, 3.8) is 0 Å². The number of nitrogens with zero attached hydrogens (tertiary/aromatic N) is 4. The molecule has 0 fully saturated rings. The van der Waals surface area contributed by atoms with Crippen molar-refractivity contribution < 1.29 is 25.8 Å². The van der Waals surface area contributed by atoms with Crippen LogP contribution in [-0.2, 0) is 26.5 Å². The van der Waals surface area contributed by atoms with Crippen LogP contribution >= 0.6 is 0 Å². The van der Waals surface area contributed by atoms with Gasteiger partial charge in [0.05, 0.1) is 17.0 Å². The molecule has 0 atom stereocenters. The van der Waals surface area contributed by atoms with E-state index in [9.17, 15) is 0 Å². The van der Waals surface area contributed by atoms with Crippen molar-refractivity contribution in [2.24, 2.45) is 0 Å². The topological polar surface area (TPSA) is 44.3 Å². The van der Waals surface area contributed by atoms with E-state index in [0.717, 1.165) is 83.0 Å². The number of ether oxygens (including phenoxy) is 1. The van der Waals surface area contributed by atoms with E-state index >= 15 is 0 Å². The molecule has 0 spiro atoms. The molecule has 10 aromatic rings. The Morgan fingerprint density at radius 3 is 1.91 bits per heavy atom. The normalized spacial score (nSPS) is 11.9. The van der Waals surface area contributed by atoms with Gasteiger partial charge in [0.1, 0.15) is 5.82 Å². The summed E-state index contributed by atoms with van der Waals surface area (Å²) in [6.07, 6.45) is 1.87. The molecule has 0 N–H and O–H groups in total. The molecule has 0 unspecified atom stereocenters. The van der Waals surface area contributed by atoms with Gasteiger partial charge in [-0.2, -0.15) is 6.07 Å². The zero-order valence-corrected chi connectivity index (χ0v) is 34.1. The first-order chi connectivity index (χ1) is 26.8. The van der Waals surface area contributed by atoms with E-state index in [1.54, 1.807) is 0 Å². The molecular weight excluding hydrogens is 868 g/mol. The van der Waals surface area contributed by atoms with E-state index in [4.69, 9.17) is 14.7 Å². The molecule has 56 heavy (non-hydrogen) atoms. The van der Waals surface area contributed by atoms with Crippen molar-refractivity contribution in [1.82, 2.24) is 18.9 Å². The number of fused-ring (bicyclic) bond motifs is 9. The quantitative estimate of drug-likeness (QED) is 0.128. The Hall–Kier alpha value is -6.03. The van der Waals surface area contributed by atoms with Crippen molar-refractivity contribution in [2.75, 3.05) is 0 Å². The fourth-order valence-electron chi connectivity index (χ4n) is 8.20. The average molecular weight is 906 g/mol. The molecule has 0 saturated carbocycles. The number of aryl methyl sites for hydroxylation is 2. The van der Waals surface area contributed by atoms with Crippen LogP contribution in [0.1, 0.15) is 37.5 Å². The fraction of sp³-hybridized carbons (Fsp3) is 0.120. The summed E-state index contributed by atoms with van der Waals surface area (Å²) in [5.74, 6) is 2.09. The summed E-state index contributed by atoms with van der Waals surface area (Å²) >= 11 is 0. The van der Waals surface area contributed by atoms with Crippen LogP contribution in [0, 0.1) is 26.0 Å². The van der Waals surface area contributed by atoms with Gasteiger partial charge in [0.15, 0.2) is 0 Å². The van der Waals surface area contributed by atoms with Crippen molar-refractivity contribution in [1.29, 1.82) is 0 Å². The molecule has 0 amide bonds. The van der Waals surface area contributed by atoms with Crippen LogP contribution in [0.4, 0.5) is 0 Å². The third-order valence-electron chi connectivity index (χ3n) is 10.8. The van der Waals surface area contributed by atoms with Crippen LogP contribution in [0.25, 0.3) is 77.5 Å². The molecule has 4 aromatic heterocycles. The summed E-state index contributed by atoms with van der Waals surface area (Å²) in [6.45, 7) is 11.0. The maximum Gasteiger partial charge on any atom is 2.00 e. The second-order valence-corrected chi connectivity index (χ2v) is 15.4. The van der Waals surface area contributed by atoms with E-state index in [1.807, 2.05) is 24.4 Å². The van der Waals surface area contributed by atoms with Gasteiger partial charge in [-0.15, -0.1) is 29.7 Å². The van der Waals surface area contributed by atoms with E-state index in [2.05, 4.69) is 171 Å². The molecule has 10 rings (SSSR count). The standard InChI is InChI=1S/C50H38N4O.Pt/c1-31-15-6-8-17-35(31)46-47(36-18-9-7-16-32(36)2)54-44-23-13-10-19-38(44)37-26-24-33(29-41(37)48(54)52-46)55-34-25-27-40-39-20-11-12-22-43(39)53(45(40)30-34)49-42(50(3,4)5)21-14-28-51-49;/h6-28H,1-5H3;/q-2;+2. The number of pyridine rings is 2. The molecule has 0 saturated heterocycles. The maximum atomic E-state index is 6.70. The van der Waals surface area contributed by atoms with Crippen molar-refractivity contribution in [3.05, 3.63) is 168 Å². The minimum atomic E-state index is -0.115. The molecule has 0 aliphatic rings. The van der Waals surface area contributed by atoms with Crippen LogP contribution in [0.3, 0.4) is 0 Å². The smallest absolute Gasteiger partial charge is 0.503 e. The third-order valence-corrected chi connectivity index (χ3v) is 10.8. The van der Waals surface area contributed by atoms with Crippen LogP contribution in [-0.4, -0.2) is 18.9 Å². The van der Waals surface area contributed by atoms with E-state index in [0.29, 0.717) is 11.5 Å². The van der Waals surface area contributed by atoms with Crippen LogP contribution in [0.15, 0.2) is 140 Å². The van der Waals surface area contributed by atoms with Gasteiger partial charge >= 0.3 is 21.1 Å². The predicted molar refractivity (Wildman–Crippen MR) is 226 cm³/mol. The van der Waals surface area contributed by atoms with Crippen LogP contribution in [0.2, 0.25) is 0 Å². The monoisotopic (exact) mass is 905 g/mol. The number of hydrogen-bond acceptors (Lipinski definition) is 3. The van der Waals surface area contributed by atoms with Crippen molar-refractivity contribution >= 4 is 49.1 Å². The second-order valence-electron chi connectivity index (χ2n) is 15.4. The molecule has 0 aliphatic carbocycles. The Labute approximate surface area is 340 Å². The second kappa shape index (κ2) is 13.6. The molecule has 274 valence electrons. The largest absolute Gasteiger partial charge is 2.00 e. The predicted octanol–water partition coefficient (Wildman–Crippen LogP) is 12.8. The molecular formula is C50H38N4OPt. The third kappa shape index (κ3) is 5.64. The van der Waals surface area contributed by atoms with Gasteiger partial charge in [-0.05, 0) is 59.4 Å². The molecule has 0 radical (unpaired) electrons. The number of hydrogen-bond donors (Lipinski definition) is 0. The van der Waals surface area contributed by atoms with Gasteiger partial charge in [0, 0.05) is 45.4 Å². The summed E-state index contributed by atoms with van der Waals surface area (Å²) in [7, 11) is 0. The fourth-order valence-corrected chi connectivity index (χ4v) is 8.20. The van der Waals surface area contributed by atoms with E-state index < -0.39 is 0 Å². The first-order valence-corrected chi connectivity index (χ1v) is 18.8. The maximum absolute atomic E-state index is 6.70. The van der Waals surface area contributed by atoms with Gasteiger partial charge in [0.2, 0.25) is 0 Å². The molecule has 0 aliphatic heterocycles. The Bertz CT molecular complexity index is 3150. The van der Waals surface area contributed by atoms with E-state index in [1.165, 1.54) is 11.1 Å². The SMILES string of the molecule is Cc1ccccc1-c1nc2c3[c-]c(Oc4[c-]c5c(cc4)c4ccccc4n5-c4ncccc4C(C)(C)C)ccc3c3ccccc3n2c1-c1ccccc1C.[Pt+2]. The molecule has 6 aromatic carbocycles. The van der Waals surface area contributed by atoms with Gasteiger partial charge < -0.3 is 13.7 Å². The summed E-state index contributed by atoms with van der Waals surface area (Å²) in [5, 5.41) is 5.32. The van der Waals surface area contributed by atoms with Gasteiger partial charge in [0.25, 0.3) is 0 Å². The zero-order chi connectivity index (χ0) is 37.4. The van der Waals surface area contributed by atoms with Crippen LogP contribution < -0.4 is 4.74 Å².